The summed E-state index contributed by atoms with van der Waals surface area (Å²) in [5.41, 5.74) is 11.8. The summed E-state index contributed by atoms with van der Waals surface area (Å²) in [6, 6.07) is 7.10. The molecule has 1 aromatic heterocycles. The van der Waals surface area contributed by atoms with Gasteiger partial charge in [-0.2, -0.15) is 5.10 Å². The molecular weight excluding hydrogens is 322 g/mol. The summed E-state index contributed by atoms with van der Waals surface area (Å²) in [7, 11) is 1.98. The summed E-state index contributed by atoms with van der Waals surface area (Å²) >= 11 is 0. The van der Waals surface area contributed by atoms with Crippen molar-refractivity contribution < 1.29 is 5.11 Å². The number of hydrogen-bond acceptors (Lipinski definition) is 3. The molecule has 26 heavy (non-hydrogen) atoms. The number of aromatic nitrogens is 2. The second-order valence-corrected chi connectivity index (χ2v) is 8.66. The van der Waals surface area contributed by atoms with Crippen LogP contribution in [0.15, 0.2) is 30.6 Å². The van der Waals surface area contributed by atoms with Crippen molar-refractivity contribution in [2.45, 2.75) is 62.8 Å². The molecule has 1 heterocycles. The van der Waals surface area contributed by atoms with Crippen LogP contribution < -0.4 is 5.73 Å². The van der Waals surface area contributed by atoms with Crippen molar-refractivity contribution in [1.82, 2.24) is 9.78 Å². The average molecular weight is 354 g/mol. The summed E-state index contributed by atoms with van der Waals surface area (Å²) in [5, 5.41) is 13.8. The minimum Gasteiger partial charge on any atom is -0.394 e. The molecule has 0 amide bonds. The number of nitrogens with two attached hydrogens (primary N) is 1. The Balaban J connectivity index is 1.38. The summed E-state index contributed by atoms with van der Waals surface area (Å²) in [6.45, 7) is 0.104. The van der Waals surface area contributed by atoms with E-state index in [1.165, 1.54) is 42.4 Å². The third-order valence-electron chi connectivity index (χ3n) is 6.59. The monoisotopic (exact) mass is 353 g/mol. The minimum atomic E-state index is -0.363. The lowest BCUT2D eigenvalue weighted by Crippen LogP contribution is -2.40. The maximum absolute atomic E-state index is 9.52. The van der Waals surface area contributed by atoms with Gasteiger partial charge in [0, 0.05) is 18.8 Å². The van der Waals surface area contributed by atoms with E-state index >= 15 is 0 Å². The third-order valence-corrected chi connectivity index (χ3v) is 6.59. The number of aryl methyl sites for hydroxylation is 3. The zero-order valence-electron chi connectivity index (χ0n) is 15.8. The van der Waals surface area contributed by atoms with Gasteiger partial charge in [0.25, 0.3) is 0 Å². The predicted molar refractivity (Wildman–Crippen MR) is 104 cm³/mol. The van der Waals surface area contributed by atoms with Gasteiger partial charge in [0.05, 0.1) is 12.8 Å². The van der Waals surface area contributed by atoms with Crippen LogP contribution in [0.5, 0.6) is 0 Å². The SMILES string of the molecule is Cn1cc(CCC2CCc3cc([C@H]4CC[C@](N)(CO)C4)ccc3C2)cn1. The molecular formula is C22H31N3O. The van der Waals surface area contributed by atoms with Crippen molar-refractivity contribution in [2.75, 3.05) is 6.61 Å². The van der Waals surface area contributed by atoms with E-state index in [4.69, 9.17) is 5.73 Å². The topological polar surface area (TPSA) is 64.1 Å². The van der Waals surface area contributed by atoms with Gasteiger partial charge in [-0.05, 0) is 85.5 Å². The van der Waals surface area contributed by atoms with Gasteiger partial charge in [-0.3, -0.25) is 4.68 Å². The highest BCUT2D eigenvalue weighted by Crippen LogP contribution is 2.40. The first-order valence-electron chi connectivity index (χ1n) is 10.0. The molecule has 1 aromatic carbocycles. The van der Waals surface area contributed by atoms with Crippen LogP contribution in [0.25, 0.3) is 0 Å². The Kier molecular flexibility index (Phi) is 4.89. The predicted octanol–water partition coefficient (Wildman–Crippen LogP) is 3.12. The summed E-state index contributed by atoms with van der Waals surface area (Å²) in [6.07, 6.45) is 13.2. The highest BCUT2D eigenvalue weighted by molar-refractivity contribution is 5.36. The van der Waals surface area contributed by atoms with Crippen LogP contribution in [0.4, 0.5) is 0 Å². The Hall–Kier alpha value is -1.65. The van der Waals surface area contributed by atoms with Gasteiger partial charge in [-0.1, -0.05) is 18.2 Å². The zero-order valence-corrected chi connectivity index (χ0v) is 15.8. The molecule has 0 radical (unpaired) electrons. The van der Waals surface area contributed by atoms with Crippen molar-refractivity contribution in [3.8, 4) is 0 Å². The van der Waals surface area contributed by atoms with Crippen LogP contribution in [0, 0.1) is 5.92 Å². The van der Waals surface area contributed by atoms with Gasteiger partial charge < -0.3 is 10.8 Å². The Morgan fingerprint density at radius 2 is 2.19 bits per heavy atom. The van der Waals surface area contributed by atoms with Gasteiger partial charge in [-0.15, -0.1) is 0 Å². The van der Waals surface area contributed by atoms with E-state index < -0.39 is 0 Å². The Bertz CT molecular complexity index is 768. The first-order valence-corrected chi connectivity index (χ1v) is 10.0. The highest BCUT2D eigenvalue weighted by atomic mass is 16.3. The number of fused-ring (bicyclic) bond motifs is 1. The summed E-state index contributed by atoms with van der Waals surface area (Å²) < 4.78 is 1.89. The Labute approximate surface area is 156 Å². The molecule has 3 N–H and O–H groups in total. The van der Waals surface area contributed by atoms with E-state index in [0.717, 1.165) is 31.6 Å². The molecule has 4 nitrogen and oxygen atoms in total. The molecule has 2 aliphatic carbocycles. The molecule has 2 aliphatic rings. The van der Waals surface area contributed by atoms with Gasteiger partial charge in [0.15, 0.2) is 0 Å². The molecule has 1 unspecified atom stereocenters. The molecule has 0 aliphatic heterocycles. The number of rotatable bonds is 5. The van der Waals surface area contributed by atoms with E-state index in [0.29, 0.717) is 5.92 Å². The molecule has 2 aromatic rings. The maximum atomic E-state index is 9.52. The fraction of sp³-hybridized carbons (Fsp3) is 0.591. The number of nitrogens with zero attached hydrogens (tertiary/aromatic N) is 2. The highest BCUT2D eigenvalue weighted by Gasteiger charge is 2.36. The molecule has 4 heteroatoms. The van der Waals surface area contributed by atoms with Crippen molar-refractivity contribution in [3.63, 3.8) is 0 Å². The van der Waals surface area contributed by atoms with Crippen LogP contribution in [0.1, 0.15) is 60.3 Å². The van der Waals surface area contributed by atoms with Crippen molar-refractivity contribution in [2.24, 2.45) is 18.7 Å². The summed E-state index contributed by atoms with van der Waals surface area (Å²) in [4.78, 5) is 0. The molecule has 0 bridgehead atoms. The van der Waals surface area contributed by atoms with Crippen LogP contribution >= 0.6 is 0 Å². The lowest BCUT2D eigenvalue weighted by atomic mass is 9.79. The average Bonchev–Trinajstić information content (AvgIpc) is 3.26. The van der Waals surface area contributed by atoms with Gasteiger partial charge in [0.1, 0.15) is 0 Å². The van der Waals surface area contributed by atoms with Crippen molar-refractivity contribution in [1.29, 1.82) is 0 Å². The van der Waals surface area contributed by atoms with E-state index in [1.807, 2.05) is 17.9 Å². The second-order valence-electron chi connectivity index (χ2n) is 8.66. The fourth-order valence-electron chi connectivity index (χ4n) is 4.91. The Morgan fingerprint density at radius 3 is 2.92 bits per heavy atom. The van der Waals surface area contributed by atoms with Crippen LogP contribution in [0.2, 0.25) is 0 Å². The number of aliphatic hydroxyl groups excluding tert-OH is 1. The van der Waals surface area contributed by atoms with Crippen LogP contribution in [-0.4, -0.2) is 27.0 Å². The lowest BCUT2D eigenvalue weighted by Gasteiger charge is -2.26. The molecule has 1 saturated carbocycles. The molecule has 0 spiro atoms. The van der Waals surface area contributed by atoms with E-state index in [9.17, 15) is 5.11 Å². The lowest BCUT2D eigenvalue weighted by molar-refractivity contribution is 0.198. The largest absolute Gasteiger partial charge is 0.394 e. The minimum absolute atomic E-state index is 0.104. The summed E-state index contributed by atoms with van der Waals surface area (Å²) in [5.74, 6) is 1.30. The maximum Gasteiger partial charge on any atom is 0.0611 e. The first-order chi connectivity index (χ1) is 12.5. The van der Waals surface area contributed by atoms with Crippen molar-refractivity contribution >= 4 is 0 Å². The number of hydrogen-bond donors (Lipinski definition) is 2. The Morgan fingerprint density at radius 1 is 1.31 bits per heavy atom. The zero-order chi connectivity index (χ0) is 18.1. The quantitative estimate of drug-likeness (QED) is 0.868. The number of benzene rings is 1. The van der Waals surface area contributed by atoms with Gasteiger partial charge in [-0.25, -0.2) is 0 Å². The molecule has 4 rings (SSSR count). The molecule has 3 atom stereocenters. The van der Waals surface area contributed by atoms with Gasteiger partial charge >= 0.3 is 0 Å². The van der Waals surface area contributed by atoms with Crippen LogP contribution in [0.3, 0.4) is 0 Å². The molecule has 1 fully saturated rings. The molecule has 140 valence electrons. The first kappa shape index (κ1) is 17.7. The normalized spacial score (nSPS) is 28.3. The van der Waals surface area contributed by atoms with Crippen LogP contribution in [-0.2, 0) is 26.3 Å². The molecule has 0 saturated heterocycles. The smallest absolute Gasteiger partial charge is 0.0611 e. The van der Waals surface area contributed by atoms with Crippen molar-refractivity contribution in [3.05, 3.63) is 52.8 Å². The standard InChI is InChI=1S/C22H31N3O/c1-25-14-17(13-24-25)3-2-16-4-5-19-11-20(7-6-18(19)10-16)21-8-9-22(23,12-21)15-26/h6-7,11,13-14,16,21,26H,2-5,8-10,12,15,23H2,1H3/t16?,21-,22+/m0/s1. The third kappa shape index (κ3) is 3.72. The number of aliphatic hydroxyl groups is 1. The second kappa shape index (κ2) is 7.16. The van der Waals surface area contributed by atoms with E-state index in [-0.39, 0.29) is 12.1 Å². The van der Waals surface area contributed by atoms with E-state index in [2.05, 4.69) is 29.5 Å². The van der Waals surface area contributed by atoms with Gasteiger partial charge in [0.2, 0.25) is 0 Å². The van der Waals surface area contributed by atoms with E-state index in [1.54, 1.807) is 5.56 Å². The fourth-order valence-corrected chi connectivity index (χ4v) is 4.91.